The molecule has 0 unspecified atom stereocenters. The lowest BCUT2D eigenvalue weighted by atomic mass is 10.0. The van der Waals surface area contributed by atoms with E-state index in [9.17, 15) is 9.59 Å². The summed E-state index contributed by atoms with van der Waals surface area (Å²) in [6.45, 7) is 1.93. The van der Waals surface area contributed by atoms with Crippen LogP contribution in [0.2, 0.25) is 5.02 Å². The van der Waals surface area contributed by atoms with Gasteiger partial charge in [0.05, 0.1) is 5.56 Å². The van der Waals surface area contributed by atoms with Gasteiger partial charge < -0.3 is 14.2 Å². The number of aromatic nitrogens is 1. The minimum atomic E-state index is -0.460. The van der Waals surface area contributed by atoms with Gasteiger partial charge in [0.2, 0.25) is 5.89 Å². The number of nitrogens with one attached hydrogen (secondary N) is 1. The summed E-state index contributed by atoms with van der Waals surface area (Å²) in [7, 11) is 0. The second-order valence-electron chi connectivity index (χ2n) is 8.69. The number of carbonyl (C=O) groups is 1. The molecule has 0 atom stereocenters. The predicted octanol–water partition coefficient (Wildman–Crippen LogP) is 7.48. The van der Waals surface area contributed by atoms with Crippen molar-refractivity contribution in [3.05, 3.63) is 118 Å². The number of para-hydroxylation sites is 1. The smallest absolute Gasteiger partial charge is 0.344 e. The van der Waals surface area contributed by atoms with Gasteiger partial charge >= 0.3 is 5.63 Å². The summed E-state index contributed by atoms with van der Waals surface area (Å²) in [6, 6.07) is 26.8. The van der Waals surface area contributed by atoms with E-state index in [1.807, 2.05) is 43.3 Å². The second kappa shape index (κ2) is 9.08. The first kappa shape index (κ1) is 22.8. The second-order valence-corrected chi connectivity index (χ2v) is 9.09. The van der Waals surface area contributed by atoms with Crippen molar-refractivity contribution in [1.82, 2.24) is 4.98 Å². The zero-order chi connectivity index (χ0) is 25.5. The van der Waals surface area contributed by atoms with Crippen molar-refractivity contribution in [3.63, 3.8) is 0 Å². The molecular formula is C30H19ClN2O4. The van der Waals surface area contributed by atoms with E-state index in [-0.39, 0.29) is 5.91 Å². The standard InChI is InChI=1S/C30H19ClN2O4/c1-17-9-10-21(15-24(17)31)29-33-25-16-22(11-12-27(25)36-29)32-28(34)20-7-4-6-18(13-20)23-14-19-5-2-3-8-26(19)37-30(23)35/h2-16H,1H3,(H,32,34). The van der Waals surface area contributed by atoms with Gasteiger partial charge in [-0.15, -0.1) is 0 Å². The number of halogens is 1. The number of oxazole rings is 1. The van der Waals surface area contributed by atoms with Crippen molar-refractivity contribution in [2.75, 3.05) is 5.32 Å². The van der Waals surface area contributed by atoms with Gasteiger partial charge in [0.25, 0.3) is 5.91 Å². The van der Waals surface area contributed by atoms with Crippen LogP contribution in [0.15, 0.2) is 105 Å². The van der Waals surface area contributed by atoms with Crippen molar-refractivity contribution >= 4 is 45.3 Å². The number of fused-ring (bicyclic) bond motifs is 2. The highest BCUT2D eigenvalue weighted by atomic mass is 35.5. The number of amides is 1. The van der Waals surface area contributed by atoms with E-state index in [2.05, 4.69) is 10.3 Å². The zero-order valence-electron chi connectivity index (χ0n) is 19.6. The fraction of sp³-hybridized carbons (Fsp3) is 0.0333. The van der Waals surface area contributed by atoms with E-state index in [0.717, 1.165) is 16.5 Å². The highest BCUT2D eigenvalue weighted by Gasteiger charge is 2.14. The normalized spacial score (nSPS) is 11.2. The Kier molecular flexibility index (Phi) is 5.58. The lowest BCUT2D eigenvalue weighted by Gasteiger charge is -2.07. The van der Waals surface area contributed by atoms with Crippen molar-refractivity contribution < 1.29 is 13.6 Å². The number of anilines is 1. The van der Waals surface area contributed by atoms with E-state index < -0.39 is 5.63 Å². The van der Waals surface area contributed by atoms with Crippen molar-refractivity contribution in [2.24, 2.45) is 0 Å². The fourth-order valence-corrected chi connectivity index (χ4v) is 4.33. The van der Waals surface area contributed by atoms with E-state index in [0.29, 0.717) is 50.0 Å². The fourth-order valence-electron chi connectivity index (χ4n) is 4.15. The molecule has 37 heavy (non-hydrogen) atoms. The maximum Gasteiger partial charge on any atom is 0.344 e. The molecule has 180 valence electrons. The number of rotatable bonds is 4. The van der Waals surface area contributed by atoms with Gasteiger partial charge in [-0.25, -0.2) is 9.78 Å². The Labute approximate surface area is 216 Å². The van der Waals surface area contributed by atoms with Gasteiger partial charge in [0.15, 0.2) is 5.58 Å². The number of hydrogen-bond donors (Lipinski definition) is 1. The number of aryl methyl sites for hydroxylation is 1. The quantitative estimate of drug-likeness (QED) is 0.250. The van der Waals surface area contributed by atoms with Crippen LogP contribution < -0.4 is 10.9 Å². The van der Waals surface area contributed by atoms with Crippen molar-refractivity contribution in [2.45, 2.75) is 6.92 Å². The average Bonchev–Trinajstić information content (AvgIpc) is 3.33. The zero-order valence-corrected chi connectivity index (χ0v) is 20.4. The van der Waals surface area contributed by atoms with E-state index >= 15 is 0 Å². The van der Waals surface area contributed by atoms with E-state index in [4.69, 9.17) is 20.4 Å². The van der Waals surface area contributed by atoms with Crippen LogP contribution in [0.1, 0.15) is 15.9 Å². The monoisotopic (exact) mass is 506 g/mol. The third kappa shape index (κ3) is 4.39. The lowest BCUT2D eigenvalue weighted by Crippen LogP contribution is -2.12. The molecule has 6 rings (SSSR count). The summed E-state index contributed by atoms with van der Waals surface area (Å²) in [5.41, 5.74) is 4.95. The molecule has 6 nitrogen and oxygen atoms in total. The van der Waals surface area contributed by atoms with Crippen LogP contribution >= 0.6 is 11.6 Å². The molecule has 0 aliphatic carbocycles. The SMILES string of the molecule is Cc1ccc(-c2nc3cc(NC(=O)c4cccc(-c5cc6ccccc6oc5=O)c4)ccc3o2)cc1Cl. The number of hydrogen-bond acceptors (Lipinski definition) is 5. The molecule has 0 bridgehead atoms. The van der Waals surface area contributed by atoms with Gasteiger partial charge in [-0.05, 0) is 72.6 Å². The number of carbonyl (C=O) groups excluding carboxylic acids is 1. The van der Waals surface area contributed by atoms with Crippen molar-refractivity contribution in [3.8, 4) is 22.6 Å². The molecule has 6 aromatic rings. The molecule has 4 aromatic carbocycles. The van der Waals surface area contributed by atoms with E-state index in [1.54, 1.807) is 54.6 Å². The summed E-state index contributed by atoms with van der Waals surface area (Å²) in [6.07, 6.45) is 0. The summed E-state index contributed by atoms with van der Waals surface area (Å²) in [4.78, 5) is 30.2. The third-order valence-corrected chi connectivity index (χ3v) is 6.55. The lowest BCUT2D eigenvalue weighted by molar-refractivity contribution is 0.102. The molecule has 0 aliphatic heterocycles. The molecule has 0 radical (unpaired) electrons. The maximum absolute atomic E-state index is 13.1. The summed E-state index contributed by atoms with van der Waals surface area (Å²) < 4.78 is 11.3. The molecule has 2 aromatic heterocycles. The summed E-state index contributed by atoms with van der Waals surface area (Å²) in [5, 5.41) is 4.34. The van der Waals surface area contributed by atoms with Gasteiger partial charge in [-0.2, -0.15) is 0 Å². The highest BCUT2D eigenvalue weighted by Crippen LogP contribution is 2.29. The molecule has 2 heterocycles. The summed E-state index contributed by atoms with van der Waals surface area (Å²) >= 11 is 6.25. The molecule has 0 aliphatic rings. The molecule has 0 spiro atoms. The van der Waals surface area contributed by atoms with Crippen LogP contribution in [0.25, 0.3) is 44.7 Å². The van der Waals surface area contributed by atoms with Gasteiger partial charge in [0.1, 0.15) is 11.1 Å². The Hall–Kier alpha value is -4.68. The van der Waals surface area contributed by atoms with Gasteiger partial charge in [-0.1, -0.05) is 48.0 Å². The van der Waals surface area contributed by atoms with Crippen LogP contribution in [0.4, 0.5) is 5.69 Å². The molecule has 1 N–H and O–H groups in total. The first-order chi connectivity index (χ1) is 17.9. The largest absolute Gasteiger partial charge is 0.436 e. The molecule has 1 amide bonds. The Balaban J connectivity index is 1.27. The Bertz CT molecular complexity index is 1890. The predicted molar refractivity (Wildman–Crippen MR) is 145 cm³/mol. The molecule has 0 saturated heterocycles. The van der Waals surface area contributed by atoms with Crippen LogP contribution in [0.5, 0.6) is 0 Å². The maximum atomic E-state index is 13.1. The highest BCUT2D eigenvalue weighted by molar-refractivity contribution is 6.31. The third-order valence-electron chi connectivity index (χ3n) is 6.14. The van der Waals surface area contributed by atoms with Crippen LogP contribution in [-0.4, -0.2) is 10.9 Å². The Morgan fingerprint density at radius 2 is 1.70 bits per heavy atom. The van der Waals surface area contributed by atoms with Crippen molar-refractivity contribution in [1.29, 1.82) is 0 Å². The molecular weight excluding hydrogens is 488 g/mol. The van der Waals surface area contributed by atoms with Crippen LogP contribution in [-0.2, 0) is 0 Å². The first-order valence-electron chi connectivity index (χ1n) is 11.6. The number of nitrogens with zero attached hydrogens (tertiary/aromatic N) is 1. The van der Waals surface area contributed by atoms with E-state index in [1.165, 1.54) is 0 Å². The molecule has 0 saturated carbocycles. The average molecular weight is 507 g/mol. The minimum absolute atomic E-state index is 0.319. The molecule has 0 fully saturated rings. The van der Waals surface area contributed by atoms with Gasteiger partial charge in [0, 0.05) is 27.2 Å². The number of benzene rings is 4. The minimum Gasteiger partial charge on any atom is -0.436 e. The Morgan fingerprint density at radius 1 is 0.838 bits per heavy atom. The topological polar surface area (TPSA) is 85.3 Å². The van der Waals surface area contributed by atoms with Gasteiger partial charge in [-0.3, -0.25) is 4.79 Å². The van der Waals surface area contributed by atoms with Crippen LogP contribution in [0.3, 0.4) is 0 Å². The molecule has 7 heteroatoms. The van der Waals surface area contributed by atoms with Crippen LogP contribution in [0, 0.1) is 6.92 Å². The summed E-state index contributed by atoms with van der Waals surface area (Å²) in [5.74, 6) is 0.128. The Morgan fingerprint density at radius 3 is 2.57 bits per heavy atom. The first-order valence-corrected chi connectivity index (χ1v) is 11.9.